The van der Waals surface area contributed by atoms with Gasteiger partial charge in [0.15, 0.2) is 11.5 Å². The molecule has 2 N–H and O–H groups in total. The molecule has 0 aliphatic heterocycles. The van der Waals surface area contributed by atoms with Crippen molar-refractivity contribution in [2.45, 2.75) is 0 Å². The third kappa shape index (κ3) is 1.92. The molecule has 0 fully saturated rings. The van der Waals surface area contributed by atoms with Crippen molar-refractivity contribution in [3.63, 3.8) is 0 Å². The number of nitrogens with zero attached hydrogens (tertiary/aromatic N) is 4. The van der Waals surface area contributed by atoms with Crippen molar-refractivity contribution < 1.29 is 0 Å². The lowest BCUT2D eigenvalue weighted by molar-refractivity contribution is 0.845. The summed E-state index contributed by atoms with van der Waals surface area (Å²) >= 11 is 2.15. The lowest BCUT2D eigenvalue weighted by Crippen LogP contribution is -2.01. The van der Waals surface area contributed by atoms with Gasteiger partial charge < -0.3 is 5.73 Å². The Labute approximate surface area is 99.7 Å². The second-order valence-electron chi connectivity index (χ2n) is 2.82. The third-order valence-corrected chi connectivity index (χ3v) is 2.36. The first-order valence-electron chi connectivity index (χ1n) is 4.08. The first-order chi connectivity index (χ1) is 7.20. The van der Waals surface area contributed by atoms with Crippen molar-refractivity contribution in [3.8, 4) is 11.9 Å². The van der Waals surface area contributed by atoms with Gasteiger partial charge in [-0.05, 0) is 34.7 Å². The van der Waals surface area contributed by atoms with Crippen LogP contribution in [0.25, 0.3) is 5.82 Å². The van der Waals surface area contributed by atoms with Crippen molar-refractivity contribution in [2.24, 2.45) is 0 Å². The summed E-state index contributed by atoms with van der Waals surface area (Å²) < 4.78 is 2.60. The molecule has 0 aliphatic carbocycles. The Morgan fingerprint density at radius 2 is 2.27 bits per heavy atom. The zero-order valence-corrected chi connectivity index (χ0v) is 9.71. The van der Waals surface area contributed by atoms with E-state index in [9.17, 15) is 0 Å². The average molecular weight is 311 g/mol. The van der Waals surface area contributed by atoms with Gasteiger partial charge >= 0.3 is 0 Å². The molecule has 2 heterocycles. The van der Waals surface area contributed by atoms with Crippen LogP contribution in [0, 0.1) is 14.9 Å². The molecule has 0 saturated carbocycles. The molecule has 0 saturated heterocycles. The van der Waals surface area contributed by atoms with E-state index in [1.54, 1.807) is 23.0 Å². The molecule has 6 heteroatoms. The number of hydrogen-bond donors (Lipinski definition) is 1. The van der Waals surface area contributed by atoms with E-state index < -0.39 is 0 Å². The van der Waals surface area contributed by atoms with Gasteiger partial charge in [-0.25, -0.2) is 9.67 Å². The minimum Gasteiger partial charge on any atom is -0.396 e. The number of rotatable bonds is 1. The lowest BCUT2D eigenvalue weighted by atomic mass is 10.3. The number of nitriles is 1. The van der Waals surface area contributed by atoms with Crippen LogP contribution in [0.15, 0.2) is 24.5 Å². The smallest absolute Gasteiger partial charge is 0.165 e. The van der Waals surface area contributed by atoms with Gasteiger partial charge in [-0.1, -0.05) is 0 Å². The van der Waals surface area contributed by atoms with Crippen LogP contribution in [0.5, 0.6) is 0 Å². The molecule has 0 atom stereocenters. The highest BCUT2D eigenvalue weighted by Crippen LogP contribution is 2.12. The highest BCUT2D eigenvalue weighted by molar-refractivity contribution is 14.1. The molecule has 0 bridgehead atoms. The summed E-state index contributed by atoms with van der Waals surface area (Å²) in [6.07, 6.45) is 3.53. The van der Waals surface area contributed by atoms with Crippen molar-refractivity contribution in [1.29, 1.82) is 5.26 Å². The van der Waals surface area contributed by atoms with E-state index in [4.69, 9.17) is 11.0 Å². The van der Waals surface area contributed by atoms with Gasteiger partial charge in [0.25, 0.3) is 0 Å². The van der Waals surface area contributed by atoms with E-state index in [1.165, 1.54) is 0 Å². The van der Waals surface area contributed by atoms with Gasteiger partial charge in [0.1, 0.15) is 6.07 Å². The van der Waals surface area contributed by atoms with Crippen LogP contribution < -0.4 is 5.73 Å². The van der Waals surface area contributed by atoms with Crippen LogP contribution in [0.3, 0.4) is 0 Å². The Kier molecular flexibility index (Phi) is 2.55. The minimum atomic E-state index is 0.220. The molecule has 5 nitrogen and oxygen atoms in total. The zero-order valence-electron chi connectivity index (χ0n) is 7.55. The Hall–Kier alpha value is -1.62. The fourth-order valence-corrected chi connectivity index (χ4v) is 1.49. The Morgan fingerprint density at radius 3 is 2.87 bits per heavy atom. The molecule has 0 spiro atoms. The number of nitrogen functional groups attached to an aromatic ring is 1. The monoisotopic (exact) mass is 311 g/mol. The number of hydrogen-bond acceptors (Lipinski definition) is 4. The number of nitrogens with two attached hydrogens (primary N) is 1. The Bertz CT molecular complexity index is 540. The first kappa shape index (κ1) is 9.92. The molecule has 2 rings (SSSR count). The maximum Gasteiger partial charge on any atom is 0.165 e. The molecule has 2 aromatic heterocycles. The summed E-state index contributed by atoms with van der Waals surface area (Å²) in [5, 5.41) is 12.9. The summed E-state index contributed by atoms with van der Waals surface area (Å²) in [5.74, 6) is 0.587. The van der Waals surface area contributed by atoms with Crippen LogP contribution in [-0.2, 0) is 0 Å². The van der Waals surface area contributed by atoms with Crippen LogP contribution in [0.4, 0.5) is 5.69 Å². The molecule has 0 unspecified atom stereocenters. The molecule has 15 heavy (non-hydrogen) atoms. The fourth-order valence-electron chi connectivity index (χ4n) is 1.10. The average Bonchev–Trinajstić information content (AvgIpc) is 2.66. The van der Waals surface area contributed by atoms with E-state index >= 15 is 0 Å². The predicted molar refractivity (Wildman–Crippen MR) is 63.2 cm³/mol. The summed E-state index contributed by atoms with van der Waals surface area (Å²) in [6, 6.07) is 5.30. The summed E-state index contributed by atoms with van der Waals surface area (Å²) in [6.45, 7) is 0. The summed E-state index contributed by atoms with van der Waals surface area (Å²) in [4.78, 5) is 4.09. The molecular formula is C9H6IN5. The van der Waals surface area contributed by atoms with Crippen molar-refractivity contribution >= 4 is 28.3 Å². The van der Waals surface area contributed by atoms with Gasteiger partial charge in [-0.2, -0.15) is 10.4 Å². The fraction of sp³-hybridized carbons (Fsp3) is 0. The molecule has 0 amide bonds. The largest absolute Gasteiger partial charge is 0.396 e. The van der Waals surface area contributed by atoms with Crippen LogP contribution in [0.1, 0.15) is 5.69 Å². The maximum absolute atomic E-state index is 8.77. The van der Waals surface area contributed by atoms with Crippen molar-refractivity contribution in [3.05, 3.63) is 33.8 Å². The van der Waals surface area contributed by atoms with Crippen LogP contribution in [-0.4, -0.2) is 14.8 Å². The van der Waals surface area contributed by atoms with E-state index in [-0.39, 0.29) is 5.69 Å². The molecule has 0 radical (unpaired) electrons. The molecule has 0 aliphatic rings. The Morgan fingerprint density at radius 1 is 1.47 bits per heavy atom. The van der Waals surface area contributed by atoms with E-state index in [0.29, 0.717) is 11.5 Å². The van der Waals surface area contributed by atoms with Crippen LogP contribution in [0.2, 0.25) is 0 Å². The van der Waals surface area contributed by atoms with Gasteiger partial charge in [-0.3, -0.25) is 0 Å². The number of pyridine rings is 1. The van der Waals surface area contributed by atoms with Crippen molar-refractivity contribution in [1.82, 2.24) is 14.8 Å². The second-order valence-corrected chi connectivity index (χ2v) is 4.07. The predicted octanol–water partition coefficient (Wildman–Crippen LogP) is 1.33. The second kappa shape index (κ2) is 3.86. The molecule has 74 valence electrons. The first-order valence-corrected chi connectivity index (χ1v) is 5.16. The number of anilines is 1. The zero-order chi connectivity index (χ0) is 10.8. The maximum atomic E-state index is 8.77. The SMILES string of the molecule is N#Cc1nc(-n2cc(I)cn2)ccc1N. The van der Waals surface area contributed by atoms with Crippen molar-refractivity contribution in [2.75, 3.05) is 5.73 Å². The normalized spacial score (nSPS) is 9.87. The molecule has 0 aromatic carbocycles. The van der Waals surface area contributed by atoms with Gasteiger partial charge in [0, 0.05) is 6.20 Å². The molecular weight excluding hydrogens is 305 g/mol. The quantitative estimate of drug-likeness (QED) is 0.806. The topological polar surface area (TPSA) is 80.5 Å². The number of halogens is 1. The number of aromatic nitrogens is 3. The molecule has 2 aromatic rings. The minimum absolute atomic E-state index is 0.220. The highest BCUT2D eigenvalue weighted by atomic mass is 127. The van der Waals surface area contributed by atoms with E-state index in [2.05, 4.69) is 32.7 Å². The standard InChI is InChI=1S/C9H6IN5/c10-6-4-13-15(5-6)9-2-1-7(12)8(3-11)14-9/h1-2,4-5H,12H2. The van der Waals surface area contributed by atoms with Crippen LogP contribution >= 0.6 is 22.6 Å². The third-order valence-electron chi connectivity index (χ3n) is 1.80. The highest BCUT2D eigenvalue weighted by Gasteiger charge is 2.04. The lowest BCUT2D eigenvalue weighted by Gasteiger charge is -2.01. The van der Waals surface area contributed by atoms with Gasteiger partial charge in [0.2, 0.25) is 0 Å². The van der Waals surface area contributed by atoms with E-state index in [0.717, 1.165) is 3.57 Å². The van der Waals surface area contributed by atoms with Gasteiger partial charge in [0.05, 0.1) is 15.5 Å². The Balaban J connectivity index is 2.51. The summed E-state index contributed by atoms with van der Waals surface area (Å²) in [5.41, 5.74) is 6.17. The van der Waals surface area contributed by atoms with E-state index in [1.807, 2.05) is 12.3 Å². The summed E-state index contributed by atoms with van der Waals surface area (Å²) in [7, 11) is 0. The van der Waals surface area contributed by atoms with Gasteiger partial charge in [-0.15, -0.1) is 0 Å².